The van der Waals surface area contributed by atoms with E-state index in [4.69, 9.17) is 0 Å². The number of hydrogen-bond donors (Lipinski definition) is 0. The van der Waals surface area contributed by atoms with Crippen molar-refractivity contribution in [3.8, 4) is 22.4 Å². The first kappa shape index (κ1) is 14.9. The fourth-order valence-electron chi connectivity index (χ4n) is 2.93. The highest BCUT2D eigenvalue weighted by Gasteiger charge is 2.09. The Kier molecular flexibility index (Phi) is 4.01. The van der Waals surface area contributed by atoms with Crippen LogP contribution in [-0.4, -0.2) is 16.2 Å². The summed E-state index contributed by atoms with van der Waals surface area (Å²) >= 11 is 1.76. The summed E-state index contributed by atoms with van der Waals surface area (Å²) in [5.74, 6) is 0. The summed E-state index contributed by atoms with van der Waals surface area (Å²) in [7, 11) is 0. The molecule has 1 heterocycles. The second kappa shape index (κ2) is 6.46. The molecule has 0 radical (unpaired) electrons. The van der Waals surface area contributed by atoms with E-state index in [1.165, 1.54) is 16.0 Å². The molecule has 0 aliphatic carbocycles. The maximum absolute atomic E-state index is 4.54. The van der Waals surface area contributed by atoms with E-state index in [1.807, 2.05) is 18.2 Å². The summed E-state index contributed by atoms with van der Waals surface area (Å²) in [5.41, 5.74) is 5.49. The molecule has 4 rings (SSSR count). The Morgan fingerprint density at radius 2 is 1.54 bits per heavy atom. The molecular weight excluding hydrogens is 312 g/mol. The lowest BCUT2D eigenvalue weighted by molar-refractivity contribution is 1.22. The number of benzene rings is 3. The maximum atomic E-state index is 4.54. The van der Waals surface area contributed by atoms with Crippen molar-refractivity contribution in [2.24, 2.45) is 0 Å². The Bertz CT molecular complexity index is 997. The Labute approximate surface area is 145 Å². The maximum Gasteiger partial charge on any atom is 0.116 e. The van der Waals surface area contributed by atoms with Gasteiger partial charge >= 0.3 is 0 Å². The second-order valence-electron chi connectivity index (χ2n) is 5.52. The standard InChI is InChI=1S/C21H16N2S/c1-24-20-10-6-5-9-17(20)16-11-12-19-18(13-16)21(23-14-22-19)15-7-3-2-4-8-15/h2-14H,1H3. The molecular formula is C21H16N2S. The first-order valence-electron chi connectivity index (χ1n) is 7.80. The Morgan fingerprint density at radius 3 is 2.38 bits per heavy atom. The highest BCUT2D eigenvalue weighted by atomic mass is 32.2. The molecule has 0 amide bonds. The van der Waals surface area contributed by atoms with Crippen molar-refractivity contribution in [1.29, 1.82) is 0 Å². The second-order valence-corrected chi connectivity index (χ2v) is 6.37. The minimum absolute atomic E-state index is 0.967. The largest absolute Gasteiger partial charge is 0.236 e. The number of thioether (sulfide) groups is 1. The van der Waals surface area contributed by atoms with Crippen molar-refractivity contribution >= 4 is 22.7 Å². The van der Waals surface area contributed by atoms with Gasteiger partial charge in [0.2, 0.25) is 0 Å². The Morgan fingerprint density at radius 1 is 0.750 bits per heavy atom. The molecule has 3 aromatic carbocycles. The molecule has 2 nitrogen and oxygen atoms in total. The van der Waals surface area contributed by atoms with Crippen LogP contribution < -0.4 is 0 Å². The lowest BCUT2D eigenvalue weighted by atomic mass is 10.0. The average Bonchev–Trinajstić information content (AvgIpc) is 2.67. The molecule has 116 valence electrons. The van der Waals surface area contributed by atoms with Gasteiger partial charge in [-0.15, -0.1) is 11.8 Å². The van der Waals surface area contributed by atoms with E-state index in [0.717, 1.165) is 22.2 Å². The third-order valence-corrected chi connectivity index (χ3v) is 4.90. The predicted molar refractivity (Wildman–Crippen MR) is 102 cm³/mol. The summed E-state index contributed by atoms with van der Waals surface area (Å²) in [6.45, 7) is 0. The first-order valence-corrected chi connectivity index (χ1v) is 9.03. The highest BCUT2D eigenvalue weighted by molar-refractivity contribution is 7.98. The van der Waals surface area contributed by atoms with Gasteiger partial charge in [0.25, 0.3) is 0 Å². The minimum Gasteiger partial charge on any atom is -0.236 e. The van der Waals surface area contributed by atoms with Gasteiger partial charge < -0.3 is 0 Å². The number of fused-ring (bicyclic) bond motifs is 1. The molecule has 0 fully saturated rings. The fraction of sp³-hybridized carbons (Fsp3) is 0.0476. The van der Waals surface area contributed by atoms with Crippen LogP contribution in [0.4, 0.5) is 0 Å². The quantitative estimate of drug-likeness (QED) is 0.452. The SMILES string of the molecule is CSc1ccccc1-c1ccc2ncnc(-c3ccccc3)c2c1. The molecule has 0 aliphatic rings. The van der Waals surface area contributed by atoms with Crippen LogP contribution in [0.1, 0.15) is 0 Å². The average molecular weight is 328 g/mol. The molecule has 0 atom stereocenters. The van der Waals surface area contributed by atoms with Crippen molar-refractivity contribution < 1.29 is 0 Å². The zero-order valence-electron chi connectivity index (χ0n) is 13.3. The van der Waals surface area contributed by atoms with Gasteiger partial charge in [-0.3, -0.25) is 0 Å². The van der Waals surface area contributed by atoms with Crippen molar-refractivity contribution in [2.75, 3.05) is 6.26 Å². The van der Waals surface area contributed by atoms with Crippen molar-refractivity contribution in [3.05, 3.63) is 79.1 Å². The zero-order valence-corrected chi connectivity index (χ0v) is 14.1. The molecule has 0 unspecified atom stereocenters. The van der Waals surface area contributed by atoms with E-state index < -0.39 is 0 Å². The van der Waals surface area contributed by atoms with Crippen LogP contribution in [0.2, 0.25) is 0 Å². The number of nitrogens with zero attached hydrogens (tertiary/aromatic N) is 2. The van der Waals surface area contributed by atoms with Crippen LogP contribution >= 0.6 is 11.8 Å². The van der Waals surface area contributed by atoms with Crippen LogP contribution in [0, 0.1) is 0 Å². The van der Waals surface area contributed by atoms with E-state index in [-0.39, 0.29) is 0 Å². The van der Waals surface area contributed by atoms with Gasteiger partial charge in [0.15, 0.2) is 0 Å². The highest BCUT2D eigenvalue weighted by Crippen LogP contribution is 2.33. The molecule has 24 heavy (non-hydrogen) atoms. The van der Waals surface area contributed by atoms with Gasteiger partial charge in [-0.1, -0.05) is 54.6 Å². The fourth-order valence-corrected chi connectivity index (χ4v) is 3.55. The lowest BCUT2D eigenvalue weighted by Gasteiger charge is -2.10. The summed E-state index contributed by atoms with van der Waals surface area (Å²) in [4.78, 5) is 10.2. The van der Waals surface area contributed by atoms with E-state index in [0.29, 0.717) is 0 Å². The molecule has 0 aliphatic heterocycles. The third kappa shape index (κ3) is 2.68. The molecule has 4 aromatic rings. The predicted octanol–water partition coefficient (Wildman–Crippen LogP) is 5.69. The molecule has 0 bridgehead atoms. The third-order valence-electron chi connectivity index (χ3n) is 4.10. The smallest absolute Gasteiger partial charge is 0.116 e. The van der Waals surface area contributed by atoms with E-state index in [9.17, 15) is 0 Å². The van der Waals surface area contributed by atoms with Gasteiger partial charge in [0, 0.05) is 15.8 Å². The molecule has 0 N–H and O–H groups in total. The van der Waals surface area contributed by atoms with Crippen LogP contribution in [0.3, 0.4) is 0 Å². The lowest BCUT2D eigenvalue weighted by Crippen LogP contribution is -1.90. The van der Waals surface area contributed by atoms with E-state index in [2.05, 4.69) is 70.8 Å². The van der Waals surface area contributed by atoms with Crippen molar-refractivity contribution in [1.82, 2.24) is 9.97 Å². The van der Waals surface area contributed by atoms with Crippen LogP contribution in [0.15, 0.2) is 84.0 Å². The van der Waals surface area contributed by atoms with E-state index >= 15 is 0 Å². The van der Waals surface area contributed by atoms with Gasteiger partial charge in [0.05, 0.1) is 11.2 Å². The number of hydrogen-bond acceptors (Lipinski definition) is 3. The van der Waals surface area contributed by atoms with Crippen LogP contribution in [0.5, 0.6) is 0 Å². The summed E-state index contributed by atoms with van der Waals surface area (Å²) in [6, 6.07) is 25.2. The van der Waals surface area contributed by atoms with Gasteiger partial charge in [0.1, 0.15) is 6.33 Å². The van der Waals surface area contributed by atoms with Crippen LogP contribution in [-0.2, 0) is 0 Å². The van der Waals surface area contributed by atoms with Crippen molar-refractivity contribution in [3.63, 3.8) is 0 Å². The van der Waals surface area contributed by atoms with Gasteiger partial charge in [-0.05, 0) is 35.6 Å². The zero-order chi connectivity index (χ0) is 16.4. The van der Waals surface area contributed by atoms with Gasteiger partial charge in [-0.25, -0.2) is 9.97 Å². The minimum atomic E-state index is 0.967. The van der Waals surface area contributed by atoms with Crippen LogP contribution in [0.25, 0.3) is 33.3 Å². The monoisotopic (exact) mass is 328 g/mol. The summed E-state index contributed by atoms with van der Waals surface area (Å²) < 4.78 is 0. The molecule has 3 heteroatoms. The van der Waals surface area contributed by atoms with Crippen molar-refractivity contribution in [2.45, 2.75) is 4.90 Å². The number of rotatable bonds is 3. The summed E-state index contributed by atoms with van der Waals surface area (Å²) in [6.07, 6.45) is 3.75. The number of aromatic nitrogens is 2. The molecule has 0 spiro atoms. The summed E-state index contributed by atoms with van der Waals surface area (Å²) in [5, 5.41) is 1.08. The van der Waals surface area contributed by atoms with Gasteiger partial charge in [-0.2, -0.15) is 0 Å². The topological polar surface area (TPSA) is 25.8 Å². The normalized spacial score (nSPS) is 10.9. The molecule has 0 saturated heterocycles. The first-order chi connectivity index (χ1) is 11.9. The Balaban J connectivity index is 1.95. The Hall–Kier alpha value is -2.65. The molecule has 0 saturated carbocycles. The van der Waals surface area contributed by atoms with E-state index in [1.54, 1.807) is 18.1 Å². The molecule has 1 aromatic heterocycles.